The van der Waals surface area contributed by atoms with Gasteiger partial charge in [-0.15, -0.1) is 10.2 Å². The molecule has 126 valence electrons. The molecule has 0 bridgehead atoms. The third-order valence-electron chi connectivity index (χ3n) is 3.40. The average molecular weight is 429 g/mol. The summed E-state index contributed by atoms with van der Waals surface area (Å²) in [5.74, 6) is 3.15. The SMILES string of the molecule is Cc1occc1-c1nnc(SCCOc2ccc(Cl)cc2Br)n1C. The van der Waals surface area contributed by atoms with Crippen LogP contribution in [-0.4, -0.2) is 27.1 Å². The van der Waals surface area contributed by atoms with Gasteiger partial charge in [-0.25, -0.2) is 0 Å². The Balaban J connectivity index is 1.58. The first-order chi connectivity index (χ1) is 11.6. The Hall–Kier alpha value is -1.44. The van der Waals surface area contributed by atoms with Crippen LogP contribution in [-0.2, 0) is 7.05 Å². The minimum Gasteiger partial charge on any atom is -0.492 e. The number of rotatable bonds is 6. The van der Waals surface area contributed by atoms with Gasteiger partial charge in [0.05, 0.1) is 22.9 Å². The van der Waals surface area contributed by atoms with Gasteiger partial charge in [-0.2, -0.15) is 0 Å². The molecule has 0 radical (unpaired) electrons. The highest BCUT2D eigenvalue weighted by Gasteiger charge is 2.14. The monoisotopic (exact) mass is 427 g/mol. The van der Waals surface area contributed by atoms with Gasteiger partial charge in [-0.3, -0.25) is 0 Å². The van der Waals surface area contributed by atoms with Gasteiger partial charge in [0, 0.05) is 17.8 Å². The maximum absolute atomic E-state index is 5.92. The lowest BCUT2D eigenvalue weighted by molar-refractivity contribution is 0.341. The number of hydrogen-bond donors (Lipinski definition) is 0. The summed E-state index contributed by atoms with van der Waals surface area (Å²) in [5.41, 5.74) is 0.957. The molecule has 8 heteroatoms. The summed E-state index contributed by atoms with van der Waals surface area (Å²) in [6, 6.07) is 7.36. The van der Waals surface area contributed by atoms with Crippen LogP contribution in [0.1, 0.15) is 5.76 Å². The maximum Gasteiger partial charge on any atom is 0.191 e. The molecule has 0 aliphatic heterocycles. The number of benzene rings is 1. The molecule has 0 amide bonds. The second kappa shape index (κ2) is 7.63. The summed E-state index contributed by atoms with van der Waals surface area (Å²) in [4.78, 5) is 0. The molecule has 0 unspecified atom stereocenters. The van der Waals surface area contributed by atoms with Crippen molar-refractivity contribution >= 4 is 39.3 Å². The second-order valence-corrected chi connectivity index (χ2v) is 7.38. The fourth-order valence-corrected chi connectivity index (χ4v) is 3.69. The van der Waals surface area contributed by atoms with Gasteiger partial charge in [-0.1, -0.05) is 23.4 Å². The summed E-state index contributed by atoms with van der Waals surface area (Å²) < 4.78 is 13.9. The molecule has 0 saturated heterocycles. The fourth-order valence-electron chi connectivity index (χ4n) is 2.17. The number of thioether (sulfide) groups is 1. The molecular formula is C16H15BrClN3O2S. The van der Waals surface area contributed by atoms with Crippen molar-refractivity contribution in [2.45, 2.75) is 12.1 Å². The number of halogens is 2. The molecule has 0 aliphatic rings. The van der Waals surface area contributed by atoms with Crippen LogP contribution in [0.15, 0.2) is 44.6 Å². The van der Waals surface area contributed by atoms with Crippen LogP contribution in [0.4, 0.5) is 0 Å². The molecule has 0 spiro atoms. The maximum atomic E-state index is 5.92. The zero-order chi connectivity index (χ0) is 17.1. The first-order valence-corrected chi connectivity index (χ1v) is 9.36. The van der Waals surface area contributed by atoms with E-state index >= 15 is 0 Å². The third kappa shape index (κ3) is 3.79. The van der Waals surface area contributed by atoms with E-state index in [0.717, 1.165) is 38.3 Å². The number of aryl methyl sites for hydroxylation is 1. The molecule has 0 aliphatic carbocycles. The van der Waals surface area contributed by atoms with Crippen molar-refractivity contribution in [2.24, 2.45) is 7.05 Å². The highest BCUT2D eigenvalue weighted by Crippen LogP contribution is 2.29. The lowest BCUT2D eigenvalue weighted by atomic mass is 10.2. The van der Waals surface area contributed by atoms with E-state index in [1.54, 1.807) is 24.1 Å². The Morgan fingerprint density at radius 1 is 1.33 bits per heavy atom. The van der Waals surface area contributed by atoms with Crippen molar-refractivity contribution in [3.8, 4) is 17.1 Å². The summed E-state index contributed by atoms with van der Waals surface area (Å²) in [5, 5.41) is 10.00. The number of ether oxygens (including phenoxy) is 1. The first-order valence-electron chi connectivity index (χ1n) is 7.21. The van der Waals surface area contributed by atoms with Gasteiger partial charge in [0.2, 0.25) is 0 Å². The number of nitrogens with zero attached hydrogens (tertiary/aromatic N) is 3. The molecular weight excluding hydrogens is 414 g/mol. The van der Waals surface area contributed by atoms with Crippen LogP contribution in [0.2, 0.25) is 5.02 Å². The molecule has 3 aromatic rings. The van der Waals surface area contributed by atoms with E-state index in [2.05, 4.69) is 26.1 Å². The minimum atomic E-state index is 0.553. The fraction of sp³-hybridized carbons (Fsp3) is 0.250. The Labute approximate surface area is 157 Å². The average Bonchev–Trinajstić information content (AvgIpc) is 3.11. The van der Waals surface area contributed by atoms with Gasteiger partial charge in [0.1, 0.15) is 11.5 Å². The van der Waals surface area contributed by atoms with E-state index in [-0.39, 0.29) is 0 Å². The van der Waals surface area contributed by atoms with Gasteiger partial charge >= 0.3 is 0 Å². The van der Waals surface area contributed by atoms with E-state index in [1.165, 1.54) is 0 Å². The normalized spacial score (nSPS) is 11.0. The van der Waals surface area contributed by atoms with Crippen LogP contribution < -0.4 is 4.74 Å². The van der Waals surface area contributed by atoms with Crippen molar-refractivity contribution in [3.05, 3.63) is 45.8 Å². The largest absolute Gasteiger partial charge is 0.492 e. The summed E-state index contributed by atoms with van der Waals surface area (Å²) in [6.45, 7) is 2.46. The van der Waals surface area contributed by atoms with Gasteiger partial charge < -0.3 is 13.7 Å². The molecule has 24 heavy (non-hydrogen) atoms. The van der Waals surface area contributed by atoms with Crippen molar-refractivity contribution in [1.82, 2.24) is 14.8 Å². The molecule has 0 fully saturated rings. The molecule has 2 aromatic heterocycles. The van der Waals surface area contributed by atoms with Crippen molar-refractivity contribution in [2.75, 3.05) is 12.4 Å². The number of hydrogen-bond acceptors (Lipinski definition) is 5. The van der Waals surface area contributed by atoms with Crippen LogP contribution in [0.3, 0.4) is 0 Å². The Kier molecular flexibility index (Phi) is 5.53. The lowest BCUT2D eigenvalue weighted by Gasteiger charge is -2.08. The third-order valence-corrected chi connectivity index (χ3v) is 5.24. The van der Waals surface area contributed by atoms with Crippen molar-refractivity contribution in [1.29, 1.82) is 0 Å². The minimum absolute atomic E-state index is 0.553. The molecule has 2 heterocycles. The molecule has 0 atom stereocenters. The van der Waals surface area contributed by atoms with Gasteiger partial charge in [0.15, 0.2) is 11.0 Å². The van der Waals surface area contributed by atoms with E-state index < -0.39 is 0 Å². The molecule has 0 N–H and O–H groups in total. The van der Waals surface area contributed by atoms with Crippen LogP contribution in [0, 0.1) is 6.92 Å². The molecule has 3 rings (SSSR count). The van der Waals surface area contributed by atoms with Crippen LogP contribution in [0.5, 0.6) is 5.75 Å². The predicted molar refractivity (Wildman–Crippen MR) is 98.8 cm³/mol. The van der Waals surface area contributed by atoms with E-state index in [4.69, 9.17) is 20.8 Å². The predicted octanol–water partition coefficient (Wildman–Crippen LogP) is 4.97. The molecule has 1 aromatic carbocycles. The number of aromatic nitrogens is 3. The zero-order valence-electron chi connectivity index (χ0n) is 13.1. The quantitative estimate of drug-likeness (QED) is 0.410. The van der Waals surface area contributed by atoms with Crippen molar-refractivity contribution < 1.29 is 9.15 Å². The van der Waals surface area contributed by atoms with Crippen LogP contribution in [0.25, 0.3) is 11.4 Å². The topological polar surface area (TPSA) is 53.1 Å². The van der Waals surface area contributed by atoms with Gasteiger partial charge in [0.25, 0.3) is 0 Å². The Morgan fingerprint density at radius 3 is 2.88 bits per heavy atom. The Bertz CT molecular complexity index is 850. The molecule has 0 saturated carbocycles. The summed E-state index contributed by atoms with van der Waals surface area (Å²) >= 11 is 10.9. The van der Waals surface area contributed by atoms with E-state index in [1.807, 2.05) is 36.7 Å². The van der Waals surface area contributed by atoms with Crippen molar-refractivity contribution in [3.63, 3.8) is 0 Å². The Morgan fingerprint density at radius 2 is 2.17 bits per heavy atom. The summed E-state index contributed by atoms with van der Waals surface area (Å²) in [7, 11) is 1.95. The second-order valence-electron chi connectivity index (χ2n) is 5.03. The highest BCUT2D eigenvalue weighted by atomic mass is 79.9. The van der Waals surface area contributed by atoms with Crippen LogP contribution >= 0.6 is 39.3 Å². The zero-order valence-corrected chi connectivity index (χ0v) is 16.3. The first kappa shape index (κ1) is 17.4. The lowest BCUT2D eigenvalue weighted by Crippen LogP contribution is -2.02. The standard InChI is InChI=1S/C16H15BrClN3O2S/c1-10-12(5-6-22-10)15-19-20-16(21(15)2)24-8-7-23-14-4-3-11(18)9-13(14)17/h3-6,9H,7-8H2,1-2H3. The van der Waals surface area contributed by atoms with Gasteiger partial charge in [-0.05, 0) is 47.1 Å². The number of furan rings is 1. The molecule has 5 nitrogen and oxygen atoms in total. The smallest absolute Gasteiger partial charge is 0.191 e. The van der Waals surface area contributed by atoms with E-state index in [9.17, 15) is 0 Å². The highest BCUT2D eigenvalue weighted by molar-refractivity contribution is 9.10. The summed E-state index contributed by atoms with van der Waals surface area (Å²) in [6.07, 6.45) is 1.66. The van der Waals surface area contributed by atoms with E-state index in [0.29, 0.717) is 11.6 Å².